The van der Waals surface area contributed by atoms with Gasteiger partial charge in [0.25, 0.3) is 5.56 Å². The lowest BCUT2D eigenvalue weighted by Gasteiger charge is -2.30. The van der Waals surface area contributed by atoms with Crippen LogP contribution in [0.25, 0.3) is 27.8 Å². The van der Waals surface area contributed by atoms with Crippen LogP contribution in [0.15, 0.2) is 47.4 Å². The van der Waals surface area contributed by atoms with Crippen LogP contribution in [0.5, 0.6) is 0 Å². The van der Waals surface area contributed by atoms with Crippen molar-refractivity contribution in [2.75, 3.05) is 13.1 Å². The fraction of sp³-hybridized carbons (Fsp3) is 0.406. The summed E-state index contributed by atoms with van der Waals surface area (Å²) in [5.74, 6) is 1.61. The van der Waals surface area contributed by atoms with Crippen LogP contribution >= 0.6 is 0 Å². The number of nitriles is 1. The van der Waals surface area contributed by atoms with Gasteiger partial charge in [-0.3, -0.25) is 14.3 Å². The van der Waals surface area contributed by atoms with Crippen molar-refractivity contribution in [2.24, 2.45) is 5.92 Å². The maximum atomic E-state index is 14.0. The number of fused-ring (bicyclic) bond motifs is 1. The minimum Gasteiger partial charge on any atom is -0.353 e. The predicted octanol–water partition coefficient (Wildman–Crippen LogP) is 6.38. The summed E-state index contributed by atoms with van der Waals surface area (Å²) in [6, 6.07) is 12.5. The number of aromatic amines is 1. The average Bonchev–Trinajstić information content (AvgIpc) is 3.86. The second-order valence-electron chi connectivity index (χ2n) is 11.8. The third-order valence-electron chi connectivity index (χ3n) is 8.52. The summed E-state index contributed by atoms with van der Waals surface area (Å²) in [7, 11) is 0. The molecule has 1 aromatic carbocycles. The summed E-state index contributed by atoms with van der Waals surface area (Å²) in [4.78, 5) is 24.9. The van der Waals surface area contributed by atoms with Crippen LogP contribution in [0.4, 0.5) is 4.39 Å². The summed E-state index contributed by atoms with van der Waals surface area (Å²) in [6.45, 7) is 5.31. The van der Waals surface area contributed by atoms with E-state index >= 15 is 0 Å². The number of nitrogens with zero attached hydrogens (tertiary/aromatic N) is 4. The number of halogens is 1. The molecule has 1 aliphatic heterocycles. The molecule has 0 amide bonds. The van der Waals surface area contributed by atoms with E-state index in [4.69, 9.17) is 4.98 Å². The first kappa shape index (κ1) is 24.3. The maximum absolute atomic E-state index is 14.0. The van der Waals surface area contributed by atoms with E-state index in [1.54, 1.807) is 10.6 Å². The Bertz CT molecular complexity index is 1690. The fourth-order valence-corrected chi connectivity index (χ4v) is 6.21. The van der Waals surface area contributed by atoms with E-state index < -0.39 is 5.82 Å². The zero-order valence-electron chi connectivity index (χ0n) is 22.2. The van der Waals surface area contributed by atoms with Crippen LogP contribution in [0, 0.1) is 23.1 Å². The first-order valence-electron chi connectivity index (χ1n) is 14.2. The number of nitrogens with one attached hydrogen (secondary N) is 1. The maximum Gasteiger partial charge on any atom is 0.280 e. The van der Waals surface area contributed by atoms with E-state index in [0.717, 1.165) is 67.7 Å². The zero-order valence-corrected chi connectivity index (χ0v) is 22.2. The number of hydrogen-bond acceptors (Lipinski definition) is 4. The van der Waals surface area contributed by atoms with Crippen LogP contribution in [-0.2, 0) is 6.54 Å². The van der Waals surface area contributed by atoms with Gasteiger partial charge in [0.05, 0.1) is 11.6 Å². The van der Waals surface area contributed by atoms with E-state index in [2.05, 4.69) is 28.9 Å². The van der Waals surface area contributed by atoms with Crippen LogP contribution in [0.3, 0.4) is 0 Å². The van der Waals surface area contributed by atoms with Crippen LogP contribution < -0.4 is 5.56 Å². The van der Waals surface area contributed by atoms with Crippen molar-refractivity contribution >= 4 is 10.9 Å². The third-order valence-corrected chi connectivity index (χ3v) is 8.52. The van der Waals surface area contributed by atoms with Crippen molar-refractivity contribution in [1.29, 1.82) is 5.26 Å². The molecular formula is C32H32FN5O. The van der Waals surface area contributed by atoms with Gasteiger partial charge in [-0.25, -0.2) is 9.37 Å². The largest absolute Gasteiger partial charge is 0.353 e. The molecule has 6 nitrogen and oxygen atoms in total. The molecule has 1 atom stereocenters. The number of aromatic nitrogens is 3. The lowest BCUT2D eigenvalue weighted by Crippen LogP contribution is -2.33. The smallest absolute Gasteiger partial charge is 0.280 e. The van der Waals surface area contributed by atoms with Gasteiger partial charge >= 0.3 is 0 Å². The number of rotatable bonds is 6. The number of H-pyrrole nitrogens is 1. The van der Waals surface area contributed by atoms with Gasteiger partial charge in [-0.1, -0.05) is 13.0 Å². The summed E-state index contributed by atoms with van der Waals surface area (Å²) < 4.78 is 15.6. The van der Waals surface area contributed by atoms with E-state index in [0.29, 0.717) is 34.7 Å². The number of pyridine rings is 2. The van der Waals surface area contributed by atoms with Gasteiger partial charge in [-0.05, 0) is 104 Å². The van der Waals surface area contributed by atoms with Crippen LogP contribution in [0.1, 0.15) is 79.8 Å². The highest BCUT2D eigenvalue weighted by molar-refractivity contribution is 5.84. The highest BCUT2D eigenvalue weighted by atomic mass is 19.1. The Labute approximate surface area is 227 Å². The highest BCUT2D eigenvalue weighted by Crippen LogP contribution is 2.44. The Morgan fingerprint density at radius 1 is 1.10 bits per heavy atom. The van der Waals surface area contributed by atoms with Crippen LogP contribution in [0.2, 0.25) is 0 Å². The van der Waals surface area contributed by atoms with Gasteiger partial charge in [0.1, 0.15) is 17.2 Å². The molecule has 39 heavy (non-hydrogen) atoms. The Kier molecular flexibility index (Phi) is 5.89. The van der Waals surface area contributed by atoms with E-state index in [9.17, 15) is 14.4 Å². The molecule has 7 rings (SSSR count). The van der Waals surface area contributed by atoms with E-state index in [-0.39, 0.29) is 11.1 Å². The van der Waals surface area contributed by atoms with Crippen molar-refractivity contribution in [1.82, 2.24) is 19.4 Å². The number of piperidine rings is 1. The van der Waals surface area contributed by atoms with Crippen molar-refractivity contribution in [2.45, 2.75) is 63.8 Å². The zero-order chi connectivity index (χ0) is 26.7. The molecule has 3 aromatic heterocycles. The SMILES string of the molecule is C[C@H]1CCCN(Cc2cc3c(C4CC4)cn(-c4cc(-c5ccc(F)cc5C#N)cc(C5CC5)n4)c(=O)c3[nH]2)C1. The number of benzene rings is 1. The van der Waals surface area contributed by atoms with Crippen molar-refractivity contribution in [3.05, 3.63) is 81.3 Å². The first-order chi connectivity index (χ1) is 19.0. The van der Waals surface area contributed by atoms with E-state index in [1.807, 2.05) is 18.3 Å². The topological polar surface area (TPSA) is 77.7 Å². The minimum absolute atomic E-state index is 0.112. The van der Waals surface area contributed by atoms with Gasteiger partial charge < -0.3 is 4.98 Å². The van der Waals surface area contributed by atoms with Crippen LogP contribution in [-0.4, -0.2) is 32.5 Å². The Hall–Kier alpha value is -3.76. The molecule has 7 heteroatoms. The summed E-state index contributed by atoms with van der Waals surface area (Å²) in [5, 5.41) is 10.7. The lowest BCUT2D eigenvalue weighted by molar-refractivity contribution is 0.175. The summed E-state index contributed by atoms with van der Waals surface area (Å²) in [6.07, 6.45) is 8.85. The van der Waals surface area contributed by atoms with Gasteiger partial charge in [0.15, 0.2) is 0 Å². The van der Waals surface area contributed by atoms with Crippen molar-refractivity contribution in [3.8, 4) is 23.0 Å². The monoisotopic (exact) mass is 521 g/mol. The molecule has 0 spiro atoms. The molecule has 3 fully saturated rings. The Balaban J connectivity index is 1.35. The van der Waals surface area contributed by atoms with Gasteiger partial charge in [-0.2, -0.15) is 5.26 Å². The van der Waals surface area contributed by atoms with Gasteiger partial charge in [0, 0.05) is 42.0 Å². The quantitative estimate of drug-likeness (QED) is 0.319. The molecule has 0 bridgehead atoms. The molecular weight excluding hydrogens is 489 g/mol. The standard InChI is InChI=1S/C32H32FN5O/c1-19-3-2-10-37(16-19)17-25-14-27-28(20-4-5-20)18-38(32(39)31(27)35-25)30-13-22(12-29(36-30)21-6-7-21)26-9-8-24(33)11-23(26)15-34/h8-9,11-14,18-21,35H,2-7,10,16-17H2,1H3/t19-/m0/s1. The van der Waals surface area contributed by atoms with Gasteiger partial charge in [0.2, 0.25) is 0 Å². The average molecular weight is 522 g/mol. The summed E-state index contributed by atoms with van der Waals surface area (Å²) >= 11 is 0. The molecule has 2 aliphatic carbocycles. The lowest BCUT2D eigenvalue weighted by atomic mass is 9.99. The molecule has 2 saturated carbocycles. The summed E-state index contributed by atoms with van der Waals surface area (Å²) in [5.41, 5.74) is 5.43. The fourth-order valence-electron chi connectivity index (χ4n) is 6.21. The molecule has 0 unspecified atom stereocenters. The third kappa shape index (κ3) is 4.68. The van der Waals surface area contributed by atoms with E-state index in [1.165, 1.54) is 30.5 Å². The van der Waals surface area contributed by atoms with Crippen molar-refractivity contribution < 1.29 is 4.39 Å². The predicted molar refractivity (Wildman–Crippen MR) is 149 cm³/mol. The molecule has 4 heterocycles. The normalized spacial score (nSPS) is 19.9. The van der Waals surface area contributed by atoms with Crippen molar-refractivity contribution in [3.63, 3.8) is 0 Å². The second kappa shape index (κ2) is 9.46. The van der Waals surface area contributed by atoms with Gasteiger partial charge in [-0.15, -0.1) is 0 Å². The second-order valence-corrected chi connectivity index (χ2v) is 11.8. The molecule has 0 radical (unpaired) electrons. The molecule has 198 valence electrons. The minimum atomic E-state index is -0.440. The Morgan fingerprint density at radius 2 is 1.92 bits per heavy atom. The first-order valence-corrected chi connectivity index (χ1v) is 14.2. The molecule has 1 saturated heterocycles. The number of hydrogen-bond donors (Lipinski definition) is 1. The molecule has 4 aromatic rings. The number of likely N-dealkylation sites (tertiary alicyclic amines) is 1. The highest BCUT2D eigenvalue weighted by Gasteiger charge is 2.30. The molecule has 3 aliphatic rings. The molecule has 1 N–H and O–H groups in total. The Morgan fingerprint density at radius 3 is 2.67 bits per heavy atom.